The Morgan fingerprint density at radius 1 is 1.28 bits per heavy atom. The molecule has 25 heavy (non-hydrogen) atoms. The van der Waals surface area contributed by atoms with Gasteiger partial charge in [-0.2, -0.15) is 11.8 Å². The van der Waals surface area contributed by atoms with E-state index < -0.39 is 0 Å². The van der Waals surface area contributed by atoms with E-state index in [1.54, 1.807) is 10.6 Å². The van der Waals surface area contributed by atoms with E-state index in [4.69, 9.17) is 14.6 Å². The van der Waals surface area contributed by atoms with Crippen molar-refractivity contribution in [1.82, 2.24) is 20.0 Å². The lowest BCUT2D eigenvalue weighted by Crippen LogP contribution is -2.34. The number of hydrogen-bond acceptors (Lipinski definition) is 8. The van der Waals surface area contributed by atoms with E-state index in [2.05, 4.69) is 20.8 Å². The molecule has 1 fully saturated rings. The molecule has 1 aromatic carbocycles. The Balaban J connectivity index is 1.55. The lowest BCUT2D eigenvalue weighted by Gasteiger charge is -2.31. The molecule has 3 heterocycles. The van der Waals surface area contributed by atoms with Gasteiger partial charge in [0.1, 0.15) is 5.82 Å². The number of hydrogen-bond donors (Lipinski definition) is 2. The van der Waals surface area contributed by atoms with Crippen molar-refractivity contribution in [3.05, 3.63) is 40.8 Å². The van der Waals surface area contributed by atoms with E-state index in [0.717, 1.165) is 22.6 Å². The summed E-state index contributed by atoms with van der Waals surface area (Å²) in [6.07, 6.45) is 0.674. The molecule has 1 aliphatic carbocycles. The van der Waals surface area contributed by atoms with E-state index in [1.165, 1.54) is 12.1 Å². The van der Waals surface area contributed by atoms with Gasteiger partial charge in [-0.05, 0) is 40.0 Å². The summed E-state index contributed by atoms with van der Waals surface area (Å²) in [6, 6.07) is 4.78. The molecule has 2 aliphatic rings. The number of thioether (sulfide) groups is 1. The van der Waals surface area contributed by atoms with Crippen LogP contribution in [0.1, 0.15) is 17.2 Å². The van der Waals surface area contributed by atoms with Gasteiger partial charge in [0, 0.05) is 17.5 Å². The Labute approximate surface area is 144 Å². The molecule has 2 aromatic heterocycles. The van der Waals surface area contributed by atoms with Crippen LogP contribution in [0.25, 0.3) is 11.5 Å². The molecule has 8 nitrogen and oxygen atoms in total. The molecule has 10 heteroatoms. The fourth-order valence-electron chi connectivity index (χ4n) is 3.14. The first-order valence-electron chi connectivity index (χ1n) is 7.79. The Hall–Kier alpha value is -2.62. The average molecular weight is 360 g/mol. The second kappa shape index (κ2) is 5.45. The maximum Gasteiger partial charge on any atom is 0.321 e. The molecule has 1 aliphatic heterocycles. The SMILES string of the molecule is N=c1onc(-c2nonc2NC2CSC2)n1[C@H]1Cc2ccc(F)cc21. The summed E-state index contributed by atoms with van der Waals surface area (Å²) < 4.78 is 25.1. The zero-order chi connectivity index (χ0) is 17.0. The van der Waals surface area contributed by atoms with Crippen LogP contribution in [0.4, 0.5) is 10.2 Å². The fourth-order valence-corrected chi connectivity index (χ4v) is 3.78. The monoisotopic (exact) mass is 360 g/mol. The van der Waals surface area contributed by atoms with Gasteiger partial charge in [0.25, 0.3) is 0 Å². The summed E-state index contributed by atoms with van der Waals surface area (Å²) in [5.74, 6) is 2.50. The van der Waals surface area contributed by atoms with Crippen LogP contribution in [-0.2, 0) is 6.42 Å². The molecule has 1 atom stereocenters. The highest BCUT2D eigenvalue weighted by Gasteiger charge is 2.34. The summed E-state index contributed by atoms with van der Waals surface area (Å²) in [5.41, 5.74) is 2.14. The maximum absolute atomic E-state index is 13.6. The van der Waals surface area contributed by atoms with Crippen molar-refractivity contribution >= 4 is 17.6 Å². The Morgan fingerprint density at radius 2 is 2.16 bits per heavy atom. The van der Waals surface area contributed by atoms with Crippen molar-refractivity contribution in [2.75, 3.05) is 16.8 Å². The third-order valence-corrected chi connectivity index (χ3v) is 5.81. The number of nitrogens with one attached hydrogen (secondary N) is 2. The largest absolute Gasteiger partial charge is 0.361 e. The molecule has 3 aromatic rings. The second-order valence-electron chi connectivity index (χ2n) is 6.08. The minimum Gasteiger partial charge on any atom is -0.361 e. The topological polar surface area (TPSA) is 106 Å². The normalized spacial score (nSPS) is 19.2. The quantitative estimate of drug-likeness (QED) is 0.731. The summed E-state index contributed by atoms with van der Waals surface area (Å²) in [7, 11) is 0. The van der Waals surface area contributed by atoms with Gasteiger partial charge in [0.15, 0.2) is 5.69 Å². The number of aromatic nitrogens is 4. The molecule has 2 N–H and O–H groups in total. The van der Waals surface area contributed by atoms with Crippen LogP contribution >= 0.6 is 11.8 Å². The van der Waals surface area contributed by atoms with Crippen LogP contribution in [0, 0.1) is 11.2 Å². The smallest absolute Gasteiger partial charge is 0.321 e. The van der Waals surface area contributed by atoms with Gasteiger partial charge < -0.3 is 9.84 Å². The molecule has 0 amide bonds. The number of rotatable bonds is 4. The highest BCUT2D eigenvalue weighted by molar-refractivity contribution is 8.00. The zero-order valence-electron chi connectivity index (χ0n) is 12.9. The minimum absolute atomic E-state index is 0.122. The second-order valence-corrected chi connectivity index (χ2v) is 7.16. The van der Waals surface area contributed by atoms with E-state index in [9.17, 15) is 4.39 Å². The minimum atomic E-state index is -0.304. The maximum atomic E-state index is 13.6. The number of anilines is 1. The number of halogens is 1. The highest BCUT2D eigenvalue weighted by Crippen LogP contribution is 2.38. The summed E-state index contributed by atoms with van der Waals surface area (Å²) in [4.78, 5) is 0. The first kappa shape index (κ1) is 14.7. The molecule has 5 rings (SSSR count). The molecule has 0 saturated carbocycles. The van der Waals surface area contributed by atoms with Crippen LogP contribution in [-0.4, -0.2) is 37.6 Å². The van der Waals surface area contributed by atoms with E-state index in [0.29, 0.717) is 29.8 Å². The third-order valence-electron chi connectivity index (χ3n) is 4.54. The van der Waals surface area contributed by atoms with Gasteiger partial charge in [0.05, 0.1) is 6.04 Å². The molecule has 0 unspecified atom stereocenters. The Kier molecular flexibility index (Phi) is 3.20. The van der Waals surface area contributed by atoms with Crippen molar-refractivity contribution in [2.24, 2.45) is 0 Å². The Bertz CT molecular complexity index is 1010. The summed E-state index contributed by atoms with van der Waals surface area (Å²) in [6.45, 7) is 0. The zero-order valence-corrected chi connectivity index (χ0v) is 13.7. The highest BCUT2D eigenvalue weighted by atomic mass is 32.2. The van der Waals surface area contributed by atoms with Crippen molar-refractivity contribution in [3.8, 4) is 11.5 Å². The Morgan fingerprint density at radius 3 is 2.96 bits per heavy atom. The number of fused-ring (bicyclic) bond motifs is 1. The van der Waals surface area contributed by atoms with E-state index in [-0.39, 0.29) is 17.5 Å². The molecular weight excluding hydrogens is 347 g/mol. The summed E-state index contributed by atoms with van der Waals surface area (Å²) >= 11 is 1.84. The molecule has 0 bridgehead atoms. The lowest BCUT2D eigenvalue weighted by molar-refractivity contribution is 0.309. The van der Waals surface area contributed by atoms with Crippen LogP contribution in [0.15, 0.2) is 27.4 Å². The van der Waals surface area contributed by atoms with Crippen LogP contribution in [0.3, 0.4) is 0 Å². The van der Waals surface area contributed by atoms with Gasteiger partial charge in [-0.15, -0.1) is 0 Å². The van der Waals surface area contributed by atoms with Crippen molar-refractivity contribution < 1.29 is 13.5 Å². The van der Waals surface area contributed by atoms with Crippen LogP contribution in [0.2, 0.25) is 0 Å². The van der Waals surface area contributed by atoms with Gasteiger partial charge in [-0.25, -0.2) is 14.4 Å². The van der Waals surface area contributed by atoms with Gasteiger partial charge in [0.2, 0.25) is 11.6 Å². The standard InChI is InChI=1S/C15H13FN6O2S/c16-8-2-1-7-3-11(10(7)4-8)22-14(21-23-15(22)17)12-13(20-24-19-12)18-9-5-25-6-9/h1-2,4,9,11,17H,3,5-6H2,(H,18,20)/t11-/m0/s1. The predicted octanol–water partition coefficient (Wildman–Crippen LogP) is 1.82. The number of benzene rings is 1. The van der Waals surface area contributed by atoms with Crippen LogP contribution < -0.4 is 11.0 Å². The molecule has 128 valence electrons. The first-order valence-corrected chi connectivity index (χ1v) is 8.94. The number of nitrogens with zero attached hydrogens (tertiary/aromatic N) is 4. The molecule has 0 spiro atoms. The van der Waals surface area contributed by atoms with Gasteiger partial charge in [-0.1, -0.05) is 11.2 Å². The van der Waals surface area contributed by atoms with Gasteiger partial charge in [-0.3, -0.25) is 4.57 Å². The van der Waals surface area contributed by atoms with Crippen molar-refractivity contribution in [2.45, 2.75) is 18.5 Å². The fraction of sp³-hybridized carbons (Fsp3) is 0.333. The average Bonchev–Trinajstić information content (AvgIpc) is 3.14. The third kappa shape index (κ3) is 2.28. The molecule has 0 radical (unpaired) electrons. The van der Waals surface area contributed by atoms with Gasteiger partial charge >= 0.3 is 5.68 Å². The van der Waals surface area contributed by atoms with Crippen molar-refractivity contribution in [3.63, 3.8) is 0 Å². The van der Waals surface area contributed by atoms with Crippen molar-refractivity contribution in [1.29, 1.82) is 5.41 Å². The van der Waals surface area contributed by atoms with E-state index in [1.807, 2.05) is 11.8 Å². The predicted molar refractivity (Wildman–Crippen MR) is 86.6 cm³/mol. The molecular formula is C15H13FN6O2S. The van der Waals surface area contributed by atoms with E-state index >= 15 is 0 Å². The van der Waals surface area contributed by atoms with Crippen LogP contribution in [0.5, 0.6) is 0 Å². The lowest BCUT2D eigenvalue weighted by atomic mass is 9.83. The first-order chi connectivity index (χ1) is 12.2. The summed E-state index contributed by atoms with van der Waals surface area (Å²) in [5, 5.41) is 23.1. The molecule has 1 saturated heterocycles.